The fraction of sp³-hybridized carbons (Fsp3) is 0.412. The average molecular weight is 302 g/mol. The standard InChI is InChI=1S/C17H22N2O3/c1-3-11(2)8-16(20)19-15(17(21)22)9-12-10-18-14-7-5-4-6-13(12)14/h4-7,10-11,15,18H,3,8-9H2,1-2H3,(H,19,20)(H,21,22)/t11?,15-/m0/s1. The Hall–Kier alpha value is -2.30. The van der Waals surface area contributed by atoms with Gasteiger partial charge in [-0.15, -0.1) is 0 Å². The van der Waals surface area contributed by atoms with Crippen LogP contribution >= 0.6 is 0 Å². The first kappa shape index (κ1) is 16.1. The van der Waals surface area contributed by atoms with Gasteiger partial charge in [-0.25, -0.2) is 4.79 Å². The van der Waals surface area contributed by atoms with E-state index < -0.39 is 12.0 Å². The molecule has 3 N–H and O–H groups in total. The summed E-state index contributed by atoms with van der Waals surface area (Å²) in [4.78, 5) is 26.5. The fourth-order valence-electron chi connectivity index (χ4n) is 2.43. The number of benzene rings is 1. The fourth-order valence-corrected chi connectivity index (χ4v) is 2.43. The molecule has 5 nitrogen and oxygen atoms in total. The molecular formula is C17H22N2O3. The van der Waals surface area contributed by atoms with E-state index in [1.807, 2.05) is 38.1 Å². The topological polar surface area (TPSA) is 82.2 Å². The summed E-state index contributed by atoms with van der Waals surface area (Å²) >= 11 is 0. The van der Waals surface area contributed by atoms with E-state index in [1.165, 1.54) is 0 Å². The highest BCUT2D eigenvalue weighted by Crippen LogP contribution is 2.19. The van der Waals surface area contributed by atoms with E-state index in [0.29, 0.717) is 6.42 Å². The van der Waals surface area contributed by atoms with Crippen LogP contribution in [0.2, 0.25) is 0 Å². The summed E-state index contributed by atoms with van der Waals surface area (Å²) in [6.45, 7) is 3.99. The molecule has 0 fully saturated rings. The molecular weight excluding hydrogens is 280 g/mol. The number of aliphatic carboxylic acids is 1. The van der Waals surface area contributed by atoms with E-state index in [1.54, 1.807) is 6.20 Å². The summed E-state index contributed by atoms with van der Waals surface area (Å²) in [6, 6.07) is 6.81. The van der Waals surface area contributed by atoms with Crippen LogP contribution in [-0.4, -0.2) is 28.0 Å². The Balaban J connectivity index is 2.09. The highest BCUT2D eigenvalue weighted by Gasteiger charge is 2.22. The minimum atomic E-state index is -1.01. The number of aromatic nitrogens is 1. The monoisotopic (exact) mass is 302 g/mol. The minimum absolute atomic E-state index is 0.207. The lowest BCUT2D eigenvalue weighted by molar-refractivity contribution is -0.141. The van der Waals surface area contributed by atoms with Crippen LogP contribution in [0.15, 0.2) is 30.5 Å². The second kappa shape index (κ2) is 7.11. The highest BCUT2D eigenvalue weighted by atomic mass is 16.4. The Morgan fingerprint density at radius 2 is 2.05 bits per heavy atom. The van der Waals surface area contributed by atoms with Gasteiger partial charge in [0, 0.05) is 29.9 Å². The van der Waals surface area contributed by atoms with Gasteiger partial charge in [0.2, 0.25) is 5.91 Å². The van der Waals surface area contributed by atoms with Gasteiger partial charge in [0.15, 0.2) is 0 Å². The lowest BCUT2D eigenvalue weighted by atomic mass is 10.0. The Morgan fingerprint density at radius 3 is 2.73 bits per heavy atom. The van der Waals surface area contributed by atoms with Crippen molar-refractivity contribution in [2.75, 3.05) is 0 Å². The van der Waals surface area contributed by atoms with Gasteiger partial charge in [-0.1, -0.05) is 38.5 Å². The van der Waals surface area contributed by atoms with Gasteiger partial charge in [-0.3, -0.25) is 4.79 Å². The molecule has 1 aromatic heterocycles. The van der Waals surface area contributed by atoms with Crippen LogP contribution in [0.1, 0.15) is 32.3 Å². The van der Waals surface area contributed by atoms with Crippen LogP contribution in [0.4, 0.5) is 0 Å². The van der Waals surface area contributed by atoms with Crippen molar-refractivity contribution in [1.29, 1.82) is 0 Å². The zero-order valence-corrected chi connectivity index (χ0v) is 12.9. The minimum Gasteiger partial charge on any atom is -0.480 e. The number of nitrogens with one attached hydrogen (secondary N) is 2. The normalized spacial score (nSPS) is 13.7. The van der Waals surface area contributed by atoms with E-state index in [-0.39, 0.29) is 18.2 Å². The number of aromatic amines is 1. The molecule has 118 valence electrons. The van der Waals surface area contributed by atoms with Gasteiger partial charge in [-0.2, -0.15) is 0 Å². The van der Waals surface area contributed by atoms with Gasteiger partial charge >= 0.3 is 5.97 Å². The molecule has 2 atom stereocenters. The van der Waals surface area contributed by atoms with Crippen LogP contribution in [-0.2, 0) is 16.0 Å². The number of H-pyrrole nitrogens is 1. The quantitative estimate of drug-likeness (QED) is 0.735. The first-order valence-corrected chi connectivity index (χ1v) is 7.58. The van der Waals surface area contributed by atoms with Crippen molar-refractivity contribution in [1.82, 2.24) is 10.3 Å². The zero-order chi connectivity index (χ0) is 16.1. The zero-order valence-electron chi connectivity index (χ0n) is 12.9. The summed E-state index contributed by atoms with van der Waals surface area (Å²) in [7, 11) is 0. The first-order chi connectivity index (χ1) is 10.5. The van der Waals surface area contributed by atoms with Crippen LogP contribution < -0.4 is 5.32 Å². The van der Waals surface area contributed by atoms with E-state index in [0.717, 1.165) is 22.9 Å². The Bertz CT molecular complexity index is 663. The van der Waals surface area contributed by atoms with Crippen molar-refractivity contribution >= 4 is 22.8 Å². The lowest BCUT2D eigenvalue weighted by Crippen LogP contribution is -2.42. The number of carboxylic acid groups (broad SMARTS) is 1. The summed E-state index contributed by atoms with van der Waals surface area (Å²) in [6.07, 6.45) is 3.33. The number of para-hydroxylation sites is 1. The van der Waals surface area contributed by atoms with E-state index in [2.05, 4.69) is 10.3 Å². The number of carboxylic acids is 1. The number of hydrogen-bond acceptors (Lipinski definition) is 2. The maximum atomic E-state index is 11.9. The largest absolute Gasteiger partial charge is 0.480 e. The van der Waals surface area contributed by atoms with Gasteiger partial charge in [0.05, 0.1) is 0 Å². The third-order valence-corrected chi connectivity index (χ3v) is 3.96. The van der Waals surface area contributed by atoms with Crippen molar-refractivity contribution < 1.29 is 14.7 Å². The molecule has 22 heavy (non-hydrogen) atoms. The second-order valence-corrected chi connectivity index (χ2v) is 5.74. The molecule has 2 aromatic rings. The summed E-state index contributed by atoms with van der Waals surface area (Å²) in [5.41, 5.74) is 1.86. The van der Waals surface area contributed by atoms with Gasteiger partial charge in [0.25, 0.3) is 0 Å². The maximum Gasteiger partial charge on any atom is 0.326 e. The van der Waals surface area contributed by atoms with Crippen LogP contribution in [0.25, 0.3) is 10.9 Å². The summed E-state index contributed by atoms with van der Waals surface area (Å²) < 4.78 is 0. The highest BCUT2D eigenvalue weighted by molar-refractivity contribution is 5.86. The number of carbonyl (C=O) groups excluding carboxylic acids is 1. The number of carbonyl (C=O) groups is 2. The Morgan fingerprint density at radius 1 is 1.32 bits per heavy atom. The molecule has 0 radical (unpaired) electrons. The molecule has 0 bridgehead atoms. The molecule has 2 rings (SSSR count). The molecule has 0 saturated carbocycles. The number of hydrogen-bond donors (Lipinski definition) is 3. The number of fused-ring (bicyclic) bond motifs is 1. The summed E-state index contributed by atoms with van der Waals surface area (Å²) in [5, 5.41) is 13.0. The van der Waals surface area contributed by atoms with Crippen molar-refractivity contribution in [2.24, 2.45) is 5.92 Å². The van der Waals surface area contributed by atoms with Gasteiger partial charge in [0.1, 0.15) is 6.04 Å². The van der Waals surface area contributed by atoms with Crippen LogP contribution in [0.3, 0.4) is 0 Å². The van der Waals surface area contributed by atoms with E-state index >= 15 is 0 Å². The number of amides is 1. The molecule has 1 unspecified atom stereocenters. The maximum absolute atomic E-state index is 11.9. The van der Waals surface area contributed by atoms with E-state index in [4.69, 9.17) is 0 Å². The molecule has 0 saturated heterocycles. The smallest absolute Gasteiger partial charge is 0.326 e. The Kier molecular flexibility index (Phi) is 5.20. The average Bonchev–Trinajstić information content (AvgIpc) is 2.89. The molecule has 0 aliphatic rings. The molecule has 1 heterocycles. The third kappa shape index (κ3) is 3.87. The molecule has 5 heteroatoms. The van der Waals surface area contributed by atoms with Crippen LogP contribution in [0, 0.1) is 5.92 Å². The molecule has 0 aliphatic heterocycles. The first-order valence-electron chi connectivity index (χ1n) is 7.58. The lowest BCUT2D eigenvalue weighted by Gasteiger charge is -2.16. The van der Waals surface area contributed by atoms with Gasteiger partial charge in [-0.05, 0) is 17.5 Å². The third-order valence-electron chi connectivity index (χ3n) is 3.96. The predicted molar refractivity (Wildman–Crippen MR) is 85.6 cm³/mol. The van der Waals surface area contributed by atoms with Crippen molar-refractivity contribution in [3.05, 3.63) is 36.0 Å². The SMILES string of the molecule is CCC(C)CC(=O)N[C@@H](Cc1c[nH]c2ccccc12)C(=O)O. The predicted octanol–water partition coefficient (Wildman–Crippen LogP) is 2.72. The van der Waals surface area contributed by atoms with Crippen molar-refractivity contribution in [2.45, 2.75) is 39.2 Å². The summed E-state index contributed by atoms with van der Waals surface area (Å²) in [5.74, 6) is -0.966. The van der Waals surface area contributed by atoms with Gasteiger partial charge < -0.3 is 15.4 Å². The van der Waals surface area contributed by atoms with Crippen molar-refractivity contribution in [3.63, 3.8) is 0 Å². The molecule has 1 aromatic carbocycles. The number of rotatable bonds is 7. The Labute approximate surface area is 129 Å². The van der Waals surface area contributed by atoms with Crippen molar-refractivity contribution in [3.8, 4) is 0 Å². The second-order valence-electron chi connectivity index (χ2n) is 5.74. The molecule has 0 aliphatic carbocycles. The molecule has 0 spiro atoms. The van der Waals surface area contributed by atoms with E-state index in [9.17, 15) is 14.7 Å². The molecule has 1 amide bonds. The van der Waals surface area contributed by atoms with Crippen LogP contribution in [0.5, 0.6) is 0 Å².